The second kappa shape index (κ2) is 5.38. The van der Waals surface area contributed by atoms with Gasteiger partial charge in [-0.25, -0.2) is 0 Å². The molecule has 0 amide bonds. The first-order valence-electron chi connectivity index (χ1n) is 5.08. The molecule has 15 heavy (non-hydrogen) atoms. The Balaban J connectivity index is 2.28. The molecular formula is C10H17N3O2. The molecule has 0 spiro atoms. The van der Waals surface area contributed by atoms with E-state index in [2.05, 4.69) is 5.10 Å². The molecule has 0 radical (unpaired) electrons. The molecule has 5 heteroatoms. The molecule has 0 bridgehead atoms. The van der Waals surface area contributed by atoms with Gasteiger partial charge in [-0.2, -0.15) is 5.10 Å². The number of carbonyl (C=O) groups excluding carboxylic acids is 1. The molecular weight excluding hydrogens is 194 g/mol. The molecule has 0 atom stereocenters. The average molecular weight is 211 g/mol. The molecule has 2 N–H and O–H groups in total. The van der Waals surface area contributed by atoms with E-state index < -0.39 is 0 Å². The number of hydrogen-bond donors (Lipinski definition) is 1. The standard InChI is InChI=1S/C10H17N3O2/c1-3-15-10(14)5-4-6-13-7-9(11)8(2)12-13/h7H,3-6,11H2,1-2H3. The Morgan fingerprint density at radius 3 is 2.93 bits per heavy atom. The van der Waals surface area contributed by atoms with Crippen LogP contribution in [0, 0.1) is 6.92 Å². The van der Waals surface area contributed by atoms with Crippen molar-refractivity contribution in [2.24, 2.45) is 0 Å². The van der Waals surface area contributed by atoms with Crippen molar-refractivity contribution in [3.05, 3.63) is 11.9 Å². The van der Waals surface area contributed by atoms with E-state index in [1.54, 1.807) is 17.8 Å². The Morgan fingerprint density at radius 1 is 1.67 bits per heavy atom. The van der Waals surface area contributed by atoms with Gasteiger partial charge in [0.1, 0.15) is 0 Å². The van der Waals surface area contributed by atoms with Gasteiger partial charge in [-0.05, 0) is 20.3 Å². The van der Waals surface area contributed by atoms with Gasteiger partial charge in [0.2, 0.25) is 0 Å². The number of anilines is 1. The van der Waals surface area contributed by atoms with Gasteiger partial charge in [0.05, 0.1) is 18.0 Å². The number of aromatic nitrogens is 2. The summed E-state index contributed by atoms with van der Waals surface area (Å²) in [6.45, 7) is 4.79. The van der Waals surface area contributed by atoms with E-state index >= 15 is 0 Å². The highest BCUT2D eigenvalue weighted by Crippen LogP contribution is 2.07. The first-order chi connectivity index (χ1) is 7.13. The van der Waals surface area contributed by atoms with E-state index in [1.165, 1.54) is 0 Å². The minimum absolute atomic E-state index is 0.158. The number of esters is 1. The molecule has 0 aliphatic carbocycles. The summed E-state index contributed by atoms with van der Waals surface area (Å²) in [5.74, 6) is -0.158. The molecule has 1 rings (SSSR count). The number of ether oxygens (including phenoxy) is 1. The van der Waals surface area contributed by atoms with Crippen molar-refractivity contribution in [3.8, 4) is 0 Å². The topological polar surface area (TPSA) is 70.1 Å². The van der Waals surface area contributed by atoms with Crippen LogP contribution in [-0.4, -0.2) is 22.4 Å². The minimum Gasteiger partial charge on any atom is -0.466 e. The lowest BCUT2D eigenvalue weighted by atomic mass is 10.3. The van der Waals surface area contributed by atoms with Crippen LogP contribution in [0.1, 0.15) is 25.5 Å². The minimum atomic E-state index is -0.158. The lowest BCUT2D eigenvalue weighted by Crippen LogP contribution is -2.06. The predicted molar refractivity (Wildman–Crippen MR) is 57.2 cm³/mol. The fourth-order valence-corrected chi connectivity index (χ4v) is 1.27. The number of nitrogens with zero attached hydrogens (tertiary/aromatic N) is 2. The van der Waals surface area contributed by atoms with E-state index in [-0.39, 0.29) is 5.97 Å². The Morgan fingerprint density at radius 2 is 2.40 bits per heavy atom. The summed E-state index contributed by atoms with van der Waals surface area (Å²) >= 11 is 0. The zero-order valence-electron chi connectivity index (χ0n) is 9.19. The SMILES string of the molecule is CCOC(=O)CCCn1cc(N)c(C)n1. The molecule has 1 aromatic rings. The zero-order valence-corrected chi connectivity index (χ0v) is 9.19. The third kappa shape index (κ3) is 3.61. The average Bonchev–Trinajstić information content (AvgIpc) is 2.46. The van der Waals surface area contributed by atoms with Crippen molar-refractivity contribution in [2.45, 2.75) is 33.2 Å². The van der Waals surface area contributed by atoms with Gasteiger partial charge in [0.25, 0.3) is 0 Å². The smallest absolute Gasteiger partial charge is 0.305 e. The fourth-order valence-electron chi connectivity index (χ4n) is 1.27. The second-order valence-electron chi connectivity index (χ2n) is 3.34. The molecule has 0 aliphatic heterocycles. The van der Waals surface area contributed by atoms with E-state index in [0.29, 0.717) is 25.3 Å². The lowest BCUT2D eigenvalue weighted by Gasteiger charge is -2.01. The van der Waals surface area contributed by atoms with Crippen LogP contribution in [0.2, 0.25) is 0 Å². The van der Waals surface area contributed by atoms with Crippen LogP contribution in [0.15, 0.2) is 6.20 Å². The van der Waals surface area contributed by atoms with Gasteiger partial charge in [-0.1, -0.05) is 0 Å². The first kappa shape index (κ1) is 11.6. The third-order valence-corrected chi connectivity index (χ3v) is 2.06. The van der Waals surface area contributed by atoms with E-state index in [1.807, 2.05) is 6.92 Å². The highest BCUT2D eigenvalue weighted by molar-refractivity contribution is 5.69. The fraction of sp³-hybridized carbons (Fsp3) is 0.600. The molecule has 0 fully saturated rings. The van der Waals surface area contributed by atoms with Gasteiger partial charge < -0.3 is 10.5 Å². The molecule has 0 unspecified atom stereocenters. The summed E-state index contributed by atoms with van der Waals surface area (Å²) in [6, 6.07) is 0. The van der Waals surface area contributed by atoms with Gasteiger partial charge in [-0.15, -0.1) is 0 Å². The maximum Gasteiger partial charge on any atom is 0.305 e. The highest BCUT2D eigenvalue weighted by Gasteiger charge is 2.03. The highest BCUT2D eigenvalue weighted by atomic mass is 16.5. The summed E-state index contributed by atoms with van der Waals surface area (Å²) in [5.41, 5.74) is 7.16. The summed E-state index contributed by atoms with van der Waals surface area (Å²) in [4.78, 5) is 11.0. The van der Waals surface area contributed by atoms with Crippen molar-refractivity contribution in [2.75, 3.05) is 12.3 Å². The molecule has 84 valence electrons. The number of rotatable bonds is 5. The summed E-state index contributed by atoms with van der Waals surface area (Å²) < 4.78 is 6.57. The van der Waals surface area contributed by atoms with Gasteiger partial charge in [-0.3, -0.25) is 9.48 Å². The Hall–Kier alpha value is -1.52. The summed E-state index contributed by atoms with van der Waals surface area (Å²) in [5, 5.41) is 4.19. The molecule has 1 aromatic heterocycles. The molecule has 0 aromatic carbocycles. The molecule has 0 aliphatic rings. The molecule has 5 nitrogen and oxygen atoms in total. The van der Waals surface area contributed by atoms with Crippen LogP contribution in [-0.2, 0) is 16.1 Å². The van der Waals surface area contributed by atoms with Crippen molar-refractivity contribution in [1.82, 2.24) is 9.78 Å². The maximum absolute atomic E-state index is 11.0. The first-order valence-corrected chi connectivity index (χ1v) is 5.08. The van der Waals surface area contributed by atoms with Crippen LogP contribution in [0.25, 0.3) is 0 Å². The number of aryl methyl sites for hydroxylation is 2. The second-order valence-corrected chi connectivity index (χ2v) is 3.34. The van der Waals surface area contributed by atoms with E-state index in [0.717, 1.165) is 12.1 Å². The molecule has 0 saturated carbocycles. The van der Waals surface area contributed by atoms with Crippen molar-refractivity contribution in [3.63, 3.8) is 0 Å². The lowest BCUT2D eigenvalue weighted by molar-refractivity contribution is -0.143. The van der Waals surface area contributed by atoms with Crippen molar-refractivity contribution < 1.29 is 9.53 Å². The Kier molecular flexibility index (Phi) is 4.15. The largest absolute Gasteiger partial charge is 0.466 e. The van der Waals surface area contributed by atoms with Crippen LogP contribution in [0.3, 0.4) is 0 Å². The van der Waals surface area contributed by atoms with Crippen molar-refractivity contribution >= 4 is 11.7 Å². The van der Waals surface area contributed by atoms with Gasteiger partial charge in [0, 0.05) is 19.2 Å². The third-order valence-electron chi connectivity index (χ3n) is 2.06. The number of nitrogen functional groups attached to an aromatic ring is 1. The monoisotopic (exact) mass is 211 g/mol. The van der Waals surface area contributed by atoms with Gasteiger partial charge in [0.15, 0.2) is 0 Å². The zero-order chi connectivity index (χ0) is 11.3. The number of hydrogen-bond acceptors (Lipinski definition) is 4. The molecule has 1 heterocycles. The van der Waals surface area contributed by atoms with Crippen molar-refractivity contribution in [1.29, 1.82) is 0 Å². The predicted octanol–water partition coefficient (Wildman–Crippen LogP) is 1.12. The maximum atomic E-state index is 11.0. The van der Waals surface area contributed by atoms with Crippen LogP contribution < -0.4 is 5.73 Å². The van der Waals surface area contributed by atoms with Crippen LogP contribution in [0.5, 0.6) is 0 Å². The Labute approximate surface area is 89.2 Å². The number of carbonyl (C=O) groups is 1. The summed E-state index contributed by atoms with van der Waals surface area (Å²) in [7, 11) is 0. The molecule has 0 saturated heterocycles. The Bertz CT molecular complexity index is 314. The quantitative estimate of drug-likeness (QED) is 0.741. The van der Waals surface area contributed by atoms with Gasteiger partial charge >= 0.3 is 5.97 Å². The normalized spacial score (nSPS) is 10.3. The van der Waals surface area contributed by atoms with Crippen LogP contribution in [0.4, 0.5) is 5.69 Å². The van der Waals surface area contributed by atoms with E-state index in [9.17, 15) is 4.79 Å². The van der Waals surface area contributed by atoms with E-state index in [4.69, 9.17) is 10.5 Å². The van der Waals surface area contributed by atoms with Crippen LogP contribution >= 0.6 is 0 Å². The summed E-state index contributed by atoms with van der Waals surface area (Å²) in [6.07, 6.45) is 2.92. The number of nitrogens with two attached hydrogens (primary N) is 1.